The van der Waals surface area contributed by atoms with Gasteiger partial charge in [0.1, 0.15) is 5.75 Å². The maximum Gasteiger partial charge on any atom is 0.407 e. The van der Waals surface area contributed by atoms with E-state index in [0.29, 0.717) is 25.6 Å². The molecule has 24 heavy (non-hydrogen) atoms. The van der Waals surface area contributed by atoms with Gasteiger partial charge in [0.25, 0.3) is 0 Å². The summed E-state index contributed by atoms with van der Waals surface area (Å²) in [5, 5.41) is 8.93. The SMILES string of the molecule is COC(=O)Cc1ccc(OCCCC2CCN(C(=O)O)CC2)cc1. The molecule has 6 heteroatoms. The van der Waals surface area contributed by atoms with Gasteiger partial charge >= 0.3 is 12.1 Å². The van der Waals surface area contributed by atoms with Crippen molar-refractivity contribution >= 4 is 12.1 Å². The molecule has 0 radical (unpaired) electrons. The molecule has 0 aromatic heterocycles. The van der Waals surface area contributed by atoms with Crippen LogP contribution in [0.3, 0.4) is 0 Å². The van der Waals surface area contributed by atoms with E-state index < -0.39 is 6.09 Å². The Morgan fingerprint density at radius 3 is 2.46 bits per heavy atom. The predicted octanol–water partition coefficient (Wildman–Crippen LogP) is 2.95. The van der Waals surface area contributed by atoms with Crippen LogP contribution < -0.4 is 4.74 Å². The van der Waals surface area contributed by atoms with E-state index in [0.717, 1.165) is 37.0 Å². The number of amides is 1. The third-order valence-corrected chi connectivity index (χ3v) is 4.41. The highest BCUT2D eigenvalue weighted by atomic mass is 16.5. The van der Waals surface area contributed by atoms with E-state index in [1.54, 1.807) is 0 Å². The molecule has 1 aromatic rings. The Morgan fingerprint density at radius 2 is 1.88 bits per heavy atom. The molecule has 1 fully saturated rings. The normalized spacial score (nSPS) is 15.1. The van der Waals surface area contributed by atoms with E-state index in [2.05, 4.69) is 4.74 Å². The molecule has 1 aromatic carbocycles. The Hall–Kier alpha value is -2.24. The molecule has 0 spiro atoms. The first kappa shape index (κ1) is 18.1. The van der Waals surface area contributed by atoms with Crippen molar-refractivity contribution in [2.24, 2.45) is 5.92 Å². The molecule has 0 aliphatic carbocycles. The number of benzene rings is 1. The molecular formula is C18H25NO5. The number of hydrogen-bond acceptors (Lipinski definition) is 4. The lowest BCUT2D eigenvalue weighted by atomic mass is 9.92. The molecule has 2 rings (SSSR count). The van der Waals surface area contributed by atoms with Crippen molar-refractivity contribution in [1.29, 1.82) is 0 Å². The highest BCUT2D eigenvalue weighted by Gasteiger charge is 2.21. The van der Waals surface area contributed by atoms with Crippen molar-refractivity contribution in [2.75, 3.05) is 26.8 Å². The van der Waals surface area contributed by atoms with Gasteiger partial charge in [-0.25, -0.2) is 4.79 Å². The van der Waals surface area contributed by atoms with Crippen molar-refractivity contribution < 1.29 is 24.2 Å². The van der Waals surface area contributed by atoms with Crippen LogP contribution in [0, 0.1) is 5.92 Å². The summed E-state index contributed by atoms with van der Waals surface area (Å²) < 4.78 is 10.4. The molecule has 0 bridgehead atoms. The molecule has 1 heterocycles. The first-order chi connectivity index (χ1) is 11.6. The topological polar surface area (TPSA) is 76.1 Å². The molecule has 1 aliphatic heterocycles. The Labute approximate surface area is 142 Å². The van der Waals surface area contributed by atoms with Gasteiger partial charge in [-0.3, -0.25) is 4.79 Å². The number of carbonyl (C=O) groups excluding carboxylic acids is 1. The number of piperidine rings is 1. The van der Waals surface area contributed by atoms with Crippen LogP contribution in [-0.4, -0.2) is 48.9 Å². The van der Waals surface area contributed by atoms with E-state index in [-0.39, 0.29) is 12.4 Å². The molecule has 1 saturated heterocycles. The summed E-state index contributed by atoms with van der Waals surface area (Å²) >= 11 is 0. The lowest BCUT2D eigenvalue weighted by Crippen LogP contribution is -2.37. The van der Waals surface area contributed by atoms with Crippen molar-refractivity contribution in [3.8, 4) is 5.75 Å². The van der Waals surface area contributed by atoms with Crippen LogP contribution in [0.5, 0.6) is 5.75 Å². The van der Waals surface area contributed by atoms with Crippen LogP contribution in [0.1, 0.15) is 31.2 Å². The maximum absolute atomic E-state index is 11.2. The van der Waals surface area contributed by atoms with E-state index in [1.807, 2.05) is 24.3 Å². The van der Waals surface area contributed by atoms with Gasteiger partial charge in [-0.1, -0.05) is 12.1 Å². The van der Waals surface area contributed by atoms with E-state index in [1.165, 1.54) is 12.0 Å². The molecule has 0 saturated carbocycles. The number of carbonyl (C=O) groups is 2. The Kier molecular flexibility index (Phi) is 6.90. The average Bonchev–Trinajstić information content (AvgIpc) is 2.60. The second kappa shape index (κ2) is 9.15. The number of ether oxygens (including phenoxy) is 2. The zero-order valence-corrected chi connectivity index (χ0v) is 14.1. The molecule has 6 nitrogen and oxygen atoms in total. The van der Waals surface area contributed by atoms with Crippen molar-refractivity contribution in [2.45, 2.75) is 32.1 Å². The first-order valence-electron chi connectivity index (χ1n) is 8.35. The molecule has 0 unspecified atom stereocenters. The fraction of sp³-hybridized carbons (Fsp3) is 0.556. The summed E-state index contributed by atoms with van der Waals surface area (Å²) in [5.74, 6) is 1.13. The van der Waals surface area contributed by atoms with Gasteiger partial charge in [0.2, 0.25) is 0 Å². The lowest BCUT2D eigenvalue weighted by molar-refractivity contribution is -0.139. The van der Waals surface area contributed by atoms with Gasteiger partial charge in [0.05, 0.1) is 20.1 Å². The Bertz CT molecular complexity index is 535. The highest BCUT2D eigenvalue weighted by Crippen LogP contribution is 2.22. The molecule has 1 aliphatic rings. The standard InChI is InChI=1S/C18H25NO5/c1-23-17(20)13-15-4-6-16(7-5-15)24-12-2-3-14-8-10-19(11-9-14)18(21)22/h4-7,14H,2-3,8-13H2,1H3,(H,21,22). The number of nitrogens with zero attached hydrogens (tertiary/aromatic N) is 1. The van der Waals surface area contributed by atoms with Crippen LogP contribution >= 0.6 is 0 Å². The molecule has 1 N–H and O–H groups in total. The number of likely N-dealkylation sites (tertiary alicyclic amines) is 1. The highest BCUT2D eigenvalue weighted by molar-refractivity contribution is 5.72. The average molecular weight is 335 g/mol. The van der Waals surface area contributed by atoms with Gasteiger partial charge in [-0.2, -0.15) is 0 Å². The van der Waals surface area contributed by atoms with Gasteiger partial charge in [0.15, 0.2) is 0 Å². The number of rotatable bonds is 7. The lowest BCUT2D eigenvalue weighted by Gasteiger charge is -2.29. The van der Waals surface area contributed by atoms with Crippen LogP contribution in [0.25, 0.3) is 0 Å². The third kappa shape index (κ3) is 5.76. The predicted molar refractivity (Wildman–Crippen MR) is 89.2 cm³/mol. The smallest absolute Gasteiger partial charge is 0.407 e. The maximum atomic E-state index is 11.2. The minimum Gasteiger partial charge on any atom is -0.494 e. The zero-order chi connectivity index (χ0) is 17.4. The number of hydrogen-bond donors (Lipinski definition) is 1. The molecule has 0 atom stereocenters. The number of carboxylic acid groups (broad SMARTS) is 1. The second-order valence-electron chi connectivity index (χ2n) is 6.10. The Balaban J connectivity index is 1.62. The van der Waals surface area contributed by atoms with Gasteiger partial charge < -0.3 is 19.5 Å². The van der Waals surface area contributed by atoms with Crippen LogP contribution in [0.15, 0.2) is 24.3 Å². The summed E-state index contributed by atoms with van der Waals surface area (Å²) in [7, 11) is 1.38. The largest absolute Gasteiger partial charge is 0.494 e. The molecular weight excluding hydrogens is 310 g/mol. The van der Waals surface area contributed by atoms with Crippen LogP contribution in [0.2, 0.25) is 0 Å². The van der Waals surface area contributed by atoms with E-state index in [9.17, 15) is 9.59 Å². The minimum atomic E-state index is -0.813. The van der Waals surface area contributed by atoms with E-state index >= 15 is 0 Å². The molecule has 132 valence electrons. The van der Waals surface area contributed by atoms with Gasteiger partial charge in [-0.15, -0.1) is 0 Å². The fourth-order valence-corrected chi connectivity index (χ4v) is 2.92. The van der Waals surface area contributed by atoms with Crippen molar-refractivity contribution in [3.05, 3.63) is 29.8 Å². The summed E-state index contributed by atoms with van der Waals surface area (Å²) in [6.45, 7) is 1.93. The number of methoxy groups -OCH3 is 1. The van der Waals surface area contributed by atoms with Crippen molar-refractivity contribution in [3.63, 3.8) is 0 Å². The quantitative estimate of drug-likeness (QED) is 0.612. The summed E-state index contributed by atoms with van der Waals surface area (Å²) in [4.78, 5) is 23.5. The fourth-order valence-electron chi connectivity index (χ4n) is 2.92. The minimum absolute atomic E-state index is 0.252. The third-order valence-electron chi connectivity index (χ3n) is 4.41. The second-order valence-corrected chi connectivity index (χ2v) is 6.10. The van der Waals surface area contributed by atoms with Gasteiger partial charge in [-0.05, 0) is 49.3 Å². The first-order valence-corrected chi connectivity index (χ1v) is 8.35. The summed E-state index contributed by atoms with van der Waals surface area (Å²) in [6, 6.07) is 7.47. The van der Waals surface area contributed by atoms with Crippen molar-refractivity contribution in [1.82, 2.24) is 4.90 Å². The zero-order valence-electron chi connectivity index (χ0n) is 14.1. The summed E-state index contributed by atoms with van der Waals surface area (Å²) in [5.41, 5.74) is 0.902. The van der Waals surface area contributed by atoms with Crippen LogP contribution in [-0.2, 0) is 16.0 Å². The summed E-state index contributed by atoms with van der Waals surface area (Å²) in [6.07, 6.45) is 3.36. The number of esters is 1. The Morgan fingerprint density at radius 1 is 1.21 bits per heavy atom. The monoisotopic (exact) mass is 335 g/mol. The van der Waals surface area contributed by atoms with Gasteiger partial charge in [0, 0.05) is 13.1 Å². The molecule has 1 amide bonds. The van der Waals surface area contributed by atoms with E-state index in [4.69, 9.17) is 9.84 Å². The van der Waals surface area contributed by atoms with Crippen LogP contribution in [0.4, 0.5) is 4.79 Å².